The number of nitrogens with one attached hydrogen (secondary N) is 1. The molecule has 30 heavy (non-hydrogen) atoms. The molecule has 1 heterocycles. The van der Waals surface area contributed by atoms with Gasteiger partial charge >= 0.3 is 11.9 Å². The number of hydrogen-bond acceptors (Lipinski definition) is 5. The Morgan fingerprint density at radius 2 is 1.93 bits per heavy atom. The number of carbonyl (C=O) groups excluding carboxylic acids is 2. The minimum absolute atomic E-state index is 0.0605. The molecule has 0 radical (unpaired) electrons. The smallest absolute Gasteiger partial charge is 0.339 e. The first-order valence-electron chi connectivity index (χ1n) is 9.34. The highest BCUT2D eigenvalue weighted by molar-refractivity contribution is 6.33. The zero-order valence-corrected chi connectivity index (χ0v) is 16.5. The Kier molecular flexibility index (Phi) is 5.37. The fourth-order valence-electron chi connectivity index (χ4n) is 3.61. The number of rotatable bonds is 5. The Bertz CT molecular complexity index is 1190. The third kappa shape index (κ3) is 3.84. The lowest BCUT2D eigenvalue weighted by Crippen LogP contribution is -2.22. The Morgan fingerprint density at radius 1 is 1.13 bits per heavy atom. The minimum atomic E-state index is -1.21. The molecule has 1 aliphatic rings. The molecule has 8 heteroatoms. The van der Waals surface area contributed by atoms with Crippen LogP contribution in [0.5, 0.6) is 0 Å². The van der Waals surface area contributed by atoms with Gasteiger partial charge in [0.2, 0.25) is 0 Å². The summed E-state index contributed by atoms with van der Waals surface area (Å²) in [6.45, 7) is -0.505. The summed E-state index contributed by atoms with van der Waals surface area (Å²) in [6.07, 6.45) is 2.47. The summed E-state index contributed by atoms with van der Waals surface area (Å²) in [4.78, 5) is 40.9. The molecule has 3 aromatic rings. The number of aryl methyl sites for hydroxylation is 1. The molecule has 1 aliphatic carbocycles. The maximum Gasteiger partial charge on any atom is 0.339 e. The van der Waals surface area contributed by atoms with Crippen molar-refractivity contribution in [3.05, 3.63) is 69.9 Å². The number of carbonyl (C=O) groups is 3. The van der Waals surface area contributed by atoms with E-state index in [1.54, 1.807) is 0 Å². The van der Waals surface area contributed by atoms with Crippen LogP contribution >= 0.6 is 11.6 Å². The molecule has 7 nitrogen and oxygen atoms in total. The summed E-state index contributed by atoms with van der Waals surface area (Å²) in [5.74, 6) is -2.37. The first-order valence-corrected chi connectivity index (χ1v) is 9.72. The second-order valence-corrected chi connectivity index (χ2v) is 7.31. The van der Waals surface area contributed by atoms with E-state index in [0.29, 0.717) is 10.9 Å². The number of halogens is 1. The third-order valence-corrected chi connectivity index (χ3v) is 5.27. The van der Waals surface area contributed by atoms with Crippen molar-refractivity contribution < 1.29 is 24.2 Å². The molecule has 2 aromatic carbocycles. The summed E-state index contributed by atoms with van der Waals surface area (Å²) in [7, 11) is 0. The van der Waals surface area contributed by atoms with Crippen LogP contribution in [0.2, 0.25) is 5.02 Å². The van der Waals surface area contributed by atoms with Crippen LogP contribution in [0, 0.1) is 0 Å². The number of carboxylic acid groups (broad SMARTS) is 1. The number of anilines is 1. The van der Waals surface area contributed by atoms with Gasteiger partial charge in [-0.1, -0.05) is 29.8 Å². The van der Waals surface area contributed by atoms with Gasteiger partial charge in [-0.25, -0.2) is 9.59 Å². The summed E-state index contributed by atoms with van der Waals surface area (Å²) in [5.41, 5.74) is 3.06. The van der Waals surface area contributed by atoms with Crippen LogP contribution in [0.4, 0.5) is 5.69 Å². The zero-order valence-electron chi connectivity index (χ0n) is 15.8. The van der Waals surface area contributed by atoms with Gasteiger partial charge in [0.05, 0.1) is 21.7 Å². The van der Waals surface area contributed by atoms with Crippen molar-refractivity contribution in [1.29, 1.82) is 0 Å². The van der Waals surface area contributed by atoms with Gasteiger partial charge in [-0.3, -0.25) is 9.78 Å². The number of pyridine rings is 1. The number of carboxylic acids is 1. The molecule has 0 saturated carbocycles. The molecule has 0 aliphatic heterocycles. The fraction of sp³-hybridized carbons (Fsp3) is 0.182. The van der Waals surface area contributed by atoms with E-state index in [4.69, 9.17) is 21.4 Å². The predicted molar refractivity (Wildman–Crippen MR) is 111 cm³/mol. The average Bonchev–Trinajstić information content (AvgIpc) is 3.19. The lowest BCUT2D eigenvalue weighted by Gasteiger charge is -2.12. The van der Waals surface area contributed by atoms with Crippen molar-refractivity contribution in [3.63, 3.8) is 0 Å². The van der Waals surface area contributed by atoms with Crippen LogP contribution in [0.15, 0.2) is 42.5 Å². The van der Waals surface area contributed by atoms with Gasteiger partial charge in [-0.15, -0.1) is 0 Å². The molecule has 0 atom stereocenters. The van der Waals surface area contributed by atoms with E-state index in [9.17, 15) is 14.4 Å². The quantitative estimate of drug-likeness (QED) is 0.602. The summed E-state index contributed by atoms with van der Waals surface area (Å²) in [6, 6.07) is 11.4. The number of ether oxygens (including phenoxy) is 1. The van der Waals surface area contributed by atoms with Crippen LogP contribution in [-0.4, -0.2) is 34.5 Å². The Morgan fingerprint density at radius 3 is 2.73 bits per heavy atom. The summed E-state index contributed by atoms with van der Waals surface area (Å²) >= 11 is 5.82. The van der Waals surface area contributed by atoms with Gasteiger partial charge in [0, 0.05) is 16.8 Å². The van der Waals surface area contributed by atoms with Crippen molar-refractivity contribution in [2.45, 2.75) is 19.3 Å². The molecule has 152 valence electrons. The normalized spacial score (nSPS) is 12.4. The van der Waals surface area contributed by atoms with Crippen LogP contribution in [0.25, 0.3) is 10.9 Å². The molecule has 4 rings (SSSR count). The number of hydrogen-bond donors (Lipinski definition) is 2. The zero-order chi connectivity index (χ0) is 21.3. The first kappa shape index (κ1) is 19.8. The topological polar surface area (TPSA) is 106 Å². The van der Waals surface area contributed by atoms with Gasteiger partial charge in [0.25, 0.3) is 5.91 Å². The molecule has 2 N–H and O–H groups in total. The van der Waals surface area contributed by atoms with Gasteiger partial charge in [0.15, 0.2) is 6.61 Å². The van der Waals surface area contributed by atoms with Crippen LogP contribution in [-0.2, 0) is 22.4 Å². The lowest BCUT2D eigenvalue weighted by atomic mass is 10.0. The van der Waals surface area contributed by atoms with E-state index in [0.717, 1.165) is 36.0 Å². The number of para-hydroxylation sites is 1. The maximum atomic E-state index is 12.8. The lowest BCUT2D eigenvalue weighted by molar-refractivity contribution is -0.119. The molecular formula is C22H17ClN2O5. The molecule has 0 spiro atoms. The number of amides is 1. The van der Waals surface area contributed by atoms with E-state index in [1.165, 1.54) is 18.2 Å². The van der Waals surface area contributed by atoms with Crippen LogP contribution in [0.3, 0.4) is 0 Å². The standard InChI is InChI=1S/C22H17ClN2O5/c23-16-9-8-12(10-15(16)21(27)28)24-19(26)11-30-22(29)20-13-4-1-2-6-17(13)25-18-7-3-5-14(18)20/h1-2,4,6,8-10H,3,5,7,11H2,(H,24,26)(H,27,28). The molecule has 0 fully saturated rings. The number of aromatic carboxylic acids is 1. The molecular weight excluding hydrogens is 408 g/mol. The first-order chi connectivity index (χ1) is 14.4. The molecule has 0 saturated heterocycles. The number of benzene rings is 2. The molecule has 0 unspecified atom stereocenters. The van der Waals surface area contributed by atoms with Crippen molar-refractivity contribution in [1.82, 2.24) is 4.98 Å². The average molecular weight is 425 g/mol. The van der Waals surface area contributed by atoms with Gasteiger partial charge in [0.1, 0.15) is 0 Å². The molecule has 1 aromatic heterocycles. The molecule has 1 amide bonds. The van der Waals surface area contributed by atoms with E-state index in [1.807, 2.05) is 24.3 Å². The third-order valence-electron chi connectivity index (χ3n) is 4.94. The molecule has 0 bridgehead atoms. The van der Waals surface area contributed by atoms with Gasteiger partial charge < -0.3 is 15.2 Å². The van der Waals surface area contributed by atoms with E-state index >= 15 is 0 Å². The monoisotopic (exact) mass is 424 g/mol. The second kappa shape index (κ2) is 8.12. The Hall–Kier alpha value is -3.45. The van der Waals surface area contributed by atoms with Gasteiger partial charge in [-0.05, 0) is 49.1 Å². The SMILES string of the molecule is O=C(COC(=O)c1c2c(nc3ccccc13)CCC2)Nc1ccc(Cl)c(C(=O)O)c1. The van der Waals surface area contributed by atoms with E-state index in [2.05, 4.69) is 10.3 Å². The van der Waals surface area contributed by atoms with E-state index < -0.39 is 24.5 Å². The number of aromatic nitrogens is 1. The van der Waals surface area contributed by atoms with Crippen molar-refractivity contribution in [2.24, 2.45) is 0 Å². The van der Waals surface area contributed by atoms with Crippen molar-refractivity contribution in [2.75, 3.05) is 11.9 Å². The second-order valence-electron chi connectivity index (χ2n) is 6.91. The van der Waals surface area contributed by atoms with E-state index in [-0.39, 0.29) is 16.3 Å². The van der Waals surface area contributed by atoms with Crippen LogP contribution < -0.4 is 5.32 Å². The van der Waals surface area contributed by atoms with Crippen molar-refractivity contribution >= 4 is 46.0 Å². The minimum Gasteiger partial charge on any atom is -0.478 e. The van der Waals surface area contributed by atoms with Gasteiger partial charge in [-0.2, -0.15) is 0 Å². The highest BCUT2D eigenvalue weighted by Gasteiger charge is 2.25. The van der Waals surface area contributed by atoms with Crippen molar-refractivity contribution in [3.8, 4) is 0 Å². The predicted octanol–water partition coefficient (Wildman–Crippen LogP) is 3.87. The van der Waals surface area contributed by atoms with Crippen LogP contribution in [0.1, 0.15) is 38.4 Å². The number of fused-ring (bicyclic) bond motifs is 2. The highest BCUT2D eigenvalue weighted by atomic mass is 35.5. The maximum absolute atomic E-state index is 12.8. The Labute approximate surface area is 176 Å². The fourth-order valence-corrected chi connectivity index (χ4v) is 3.81. The largest absolute Gasteiger partial charge is 0.478 e. The number of esters is 1. The highest BCUT2D eigenvalue weighted by Crippen LogP contribution is 2.30. The number of nitrogens with zero attached hydrogens (tertiary/aromatic N) is 1. The Balaban J connectivity index is 1.50. The summed E-state index contributed by atoms with van der Waals surface area (Å²) in [5, 5.41) is 12.4. The summed E-state index contributed by atoms with van der Waals surface area (Å²) < 4.78 is 5.28.